The van der Waals surface area contributed by atoms with Crippen molar-refractivity contribution in [1.82, 2.24) is 4.98 Å². The molecule has 0 fully saturated rings. The number of anilines is 1. The zero-order valence-electron chi connectivity index (χ0n) is 18.1. The maximum atomic E-state index is 13.4. The summed E-state index contributed by atoms with van der Waals surface area (Å²) >= 11 is 0. The molecule has 0 saturated carbocycles. The first kappa shape index (κ1) is 20.2. The Balaban J connectivity index is 1.49. The van der Waals surface area contributed by atoms with Gasteiger partial charge in [-0.1, -0.05) is 67.6 Å². The standard InChI is InChI=1S/C27H25N3O2/c1-2-9-21-14-15-22(32-21)17-24-27(31)30-18-25(20-12-7-4-8-13-20)28-23(26(30)29-24)16-19-10-5-3-6-11-19/h3-8,10-15,18,24H,2,9,16-17H2,1H3/p+1. The fourth-order valence-corrected chi connectivity index (χ4v) is 4.19. The molecule has 4 aromatic rings. The van der Waals surface area contributed by atoms with Crippen molar-refractivity contribution in [2.75, 3.05) is 5.32 Å². The second-order valence-electron chi connectivity index (χ2n) is 8.18. The number of aromatic nitrogens is 2. The molecule has 0 aliphatic carbocycles. The van der Waals surface area contributed by atoms with Crippen molar-refractivity contribution in [3.8, 4) is 11.3 Å². The summed E-state index contributed by atoms with van der Waals surface area (Å²) in [5, 5.41) is 3.43. The van der Waals surface area contributed by atoms with E-state index in [9.17, 15) is 4.79 Å². The van der Waals surface area contributed by atoms with Gasteiger partial charge in [-0.05, 0) is 24.1 Å². The highest BCUT2D eigenvalue weighted by Gasteiger charge is 2.41. The van der Waals surface area contributed by atoms with Crippen molar-refractivity contribution in [2.24, 2.45) is 0 Å². The molecule has 1 N–H and O–H groups in total. The molecule has 2 aromatic carbocycles. The van der Waals surface area contributed by atoms with E-state index in [0.717, 1.165) is 52.7 Å². The van der Waals surface area contributed by atoms with Crippen LogP contribution in [0.5, 0.6) is 0 Å². The van der Waals surface area contributed by atoms with Crippen molar-refractivity contribution < 1.29 is 13.8 Å². The topological polar surface area (TPSA) is 59.0 Å². The van der Waals surface area contributed by atoms with Crippen LogP contribution in [0, 0.1) is 0 Å². The largest absolute Gasteiger partial charge is 0.466 e. The summed E-state index contributed by atoms with van der Waals surface area (Å²) in [5.41, 5.74) is 3.79. The predicted octanol–water partition coefficient (Wildman–Crippen LogP) is 4.85. The van der Waals surface area contributed by atoms with Gasteiger partial charge in [-0.25, -0.2) is 9.78 Å². The second kappa shape index (κ2) is 8.79. The van der Waals surface area contributed by atoms with Crippen molar-refractivity contribution in [3.63, 3.8) is 0 Å². The Bertz CT molecular complexity index is 1230. The molecule has 32 heavy (non-hydrogen) atoms. The Morgan fingerprint density at radius 1 is 0.969 bits per heavy atom. The number of carbonyl (C=O) groups excluding carboxylic acids is 1. The zero-order valence-corrected chi connectivity index (χ0v) is 18.1. The van der Waals surface area contributed by atoms with Crippen LogP contribution in [0.3, 0.4) is 0 Å². The predicted molar refractivity (Wildman–Crippen MR) is 124 cm³/mol. The first-order valence-electron chi connectivity index (χ1n) is 11.1. The molecular formula is C27H26N3O2+. The molecule has 160 valence electrons. The molecule has 5 heteroatoms. The third-order valence-corrected chi connectivity index (χ3v) is 5.77. The third kappa shape index (κ3) is 4.06. The van der Waals surface area contributed by atoms with Gasteiger partial charge in [0.25, 0.3) is 0 Å². The molecular weight excluding hydrogens is 398 g/mol. The van der Waals surface area contributed by atoms with E-state index in [4.69, 9.17) is 9.40 Å². The summed E-state index contributed by atoms with van der Waals surface area (Å²) < 4.78 is 7.67. The number of nitrogens with zero attached hydrogens (tertiary/aromatic N) is 2. The molecule has 3 heterocycles. The van der Waals surface area contributed by atoms with E-state index in [1.807, 2.05) is 66.9 Å². The van der Waals surface area contributed by atoms with Gasteiger partial charge in [0.2, 0.25) is 6.04 Å². The summed E-state index contributed by atoms with van der Waals surface area (Å²) in [4.78, 5) is 18.3. The number of benzene rings is 2. The Kier molecular flexibility index (Phi) is 5.55. The van der Waals surface area contributed by atoms with E-state index in [2.05, 4.69) is 24.4 Å². The van der Waals surface area contributed by atoms with Gasteiger partial charge in [-0.3, -0.25) is 5.32 Å². The molecule has 1 aliphatic rings. The van der Waals surface area contributed by atoms with Crippen LogP contribution in [0.15, 0.2) is 83.4 Å². The Morgan fingerprint density at radius 3 is 2.44 bits per heavy atom. The van der Waals surface area contributed by atoms with Gasteiger partial charge < -0.3 is 4.42 Å². The van der Waals surface area contributed by atoms with Crippen molar-refractivity contribution >= 4 is 11.7 Å². The average Bonchev–Trinajstić information content (AvgIpc) is 3.40. The molecule has 1 aliphatic heterocycles. The molecule has 1 unspecified atom stereocenters. The van der Waals surface area contributed by atoms with Gasteiger partial charge in [0.1, 0.15) is 29.1 Å². The molecule has 1 atom stereocenters. The molecule has 5 rings (SSSR count). The lowest BCUT2D eigenvalue weighted by Gasteiger charge is -2.07. The van der Waals surface area contributed by atoms with Gasteiger partial charge >= 0.3 is 11.7 Å². The number of furan rings is 1. The quantitative estimate of drug-likeness (QED) is 0.431. The number of hydrogen-bond donors (Lipinski definition) is 1. The number of nitrogens with one attached hydrogen (secondary N) is 1. The molecule has 0 radical (unpaired) electrons. The van der Waals surface area contributed by atoms with Gasteiger partial charge in [0.05, 0.1) is 6.42 Å². The highest BCUT2D eigenvalue weighted by Crippen LogP contribution is 2.25. The summed E-state index contributed by atoms with van der Waals surface area (Å²) in [6.07, 6.45) is 4.94. The number of hydrogen-bond acceptors (Lipinski definition) is 4. The SMILES string of the molecule is CCCc1ccc(CC2Nc3c(Cc4ccccc4)nc(-c4ccccc4)c[n+]3C2=O)o1. The molecule has 0 bridgehead atoms. The minimum Gasteiger partial charge on any atom is -0.466 e. The van der Waals surface area contributed by atoms with Crippen molar-refractivity contribution in [3.05, 3.63) is 102 Å². The van der Waals surface area contributed by atoms with E-state index in [-0.39, 0.29) is 11.9 Å². The molecule has 0 amide bonds. The van der Waals surface area contributed by atoms with Gasteiger partial charge in [-0.15, -0.1) is 0 Å². The van der Waals surface area contributed by atoms with Gasteiger partial charge in [-0.2, -0.15) is 4.57 Å². The third-order valence-electron chi connectivity index (χ3n) is 5.77. The summed E-state index contributed by atoms with van der Waals surface area (Å²) in [6.45, 7) is 2.13. The van der Waals surface area contributed by atoms with E-state index in [0.29, 0.717) is 12.8 Å². The summed E-state index contributed by atoms with van der Waals surface area (Å²) in [5.74, 6) is 2.58. The lowest BCUT2D eigenvalue weighted by Crippen LogP contribution is -2.44. The van der Waals surface area contributed by atoms with Crippen LogP contribution in [-0.4, -0.2) is 16.9 Å². The smallest absolute Gasteiger partial charge is 0.359 e. The van der Waals surface area contributed by atoms with Crippen LogP contribution in [0.25, 0.3) is 11.3 Å². The van der Waals surface area contributed by atoms with Crippen LogP contribution in [0.1, 0.15) is 40.9 Å². The number of aryl methyl sites for hydroxylation is 1. The first-order valence-corrected chi connectivity index (χ1v) is 11.1. The maximum Gasteiger partial charge on any atom is 0.359 e. The molecule has 5 nitrogen and oxygen atoms in total. The second-order valence-corrected chi connectivity index (χ2v) is 8.18. The Hall–Kier alpha value is -3.73. The molecule has 0 spiro atoms. The van der Waals surface area contributed by atoms with E-state index in [1.54, 1.807) is 4.57 Å². The highest BCUT2D eigenvalue weighted by molar-refractivity contribution is 5.82. The number of carbonyl (C=O) groups is 1. The lowest BCUT2D eigenvalue weighted by atomic mass is 10.1. The minimum atomic E-state index is -0.377. The summed E-state index contributed by atoms with van der Waals surface area (Å²) in [7, 11) is 0. The summed E-state index contributed by atoms with van der Waals surface area (Å²) in [6, 6.07) is 23.8. The van der Waals surface area contributed by atoms with Crippen LogP contribution in [-0.2, 0) is 19.3 Å². The highest BCUT2D eigenvalue weighted by atomic mass is 16.3. The zero-order chi connectivity index (χ0) is 21.9. The first-order chi connectivity index (χ1) is 15.7. The minimum absolute atomic E-state index is 0.0161. The monoisotopic (exact) mass is 424 g/mol. The van der Waals surface area contributed by atoms with E-state index < -0.39 is 0 Å². The van der Waals surface area contributed by atoms with Crippen molar-refractivity contribution in [2.45, 2.75) is 38.6 Å². The average molecular weight is 425 g/mol. The van der Waals surface area contributed by atoms with Gasteiger partial charge in [0.15, 0.2) is 0 Å². The molecule has 0 saturated heterocycles. The number of fused-ring (bicyclic) bond motifs is 1. The Labute approximate surface area is 187 Å². The number of rotatable bonds is 7. The van der Waals surface area contributed by atoms with Crippen LogP contribution in [0.2, 0.25) is 0 Å². The van der Waals surface area contributed by atoms with Crippen LogP contribution >= 0.6 is 0 Å². The van der Waals surface area contributed by atoms with E-state index >= 15 is 0 Å². The molecule has 2 aromatic heterocycles. The van der Waals surface area contributed by atoms with Gasteiger partial charge in [0, 0.05) is 18.4 Å². The van der Waals surface area contributed by atoms with E-state index in [1.165, 1.54) is 0 Å². The lowest BCUT2D eigenvalue weighted by molar-refractivity contribution is -0.552. The fraction of sp³-hybridized carbons (Fsp3) is 0.222. The Morgan fingerprint density at radius 2 is 1.69 bits per heavy atom. The van der Waals surface area contributed by atoms with Crippen molar-refractivity contribution in [1.29, 1.82) is 0 Å². The maximum absolute atomic E-state index is 13.4. The fourth-order valence-electron chi connectivity index (χ4n) is 4.19. The normalized spacial score (nSPS) is 14.9. The van der Waals surface area contributed by atoms with Crippen LogP contribution in [0.4, 0.5) is 5.82 Å². The van der Waals surface area contributed by atoms with Crippen LogP contribution < -0.4 is 9.88 Å².